The number of fused-ring (bicyclic) bond motifs is 3. The molecule has 0 N–H and O–H groups in total. The summed E-state index contributed by atoms with van der Waals surface area (Å²) in [6.45, 7) is 2.60. The first kappa shape index (κ1) is 16.3. The number of hydrogen-bond acceptors (Lipinski definition) is 4. The fourth-order valence-electron chi connectivity index (χ4n) is 2.75. The zero-order valence-electron chi connectivity index (χ0n) is 12.3. The highest BCUT2D eigenvalue weighted by atomic mass is 127. The molecule has 0 saturated carbocycles. The summed E-state index contributed by atoms with van der Waals surface area (Å²) in [4.78, 5) is 4.74. The number of thioether (sulfide) groups is 1. The van der Waals surface area contributed by atoms with E-state index in [0.717, 1.165) is 28.1 Å². The van der Waals surface area contributed by atoms with Crippen LogP contribution in [0.15, 0.2) is 30.5 Å². The highest BCUT2D eigenvalue weighted by molar-refractivity contribution is 14.1. The third-order valence-corrected chi connectivity index (χ3v) is 5.65. The number of aromatic nitrogens is 2. The molecule has 1 aliphatic heterocycles. The number of benzene rings is 1. The fraction of sp³-hybridized carbons (Fsp3) is 0.375. The van der Waals surface area contributed by atoms with Crippen molar-refractivity contribution in [2.24, 2.45) is 0 Å². The van der Waals surface area contributed by atoms with Gasteiger partial charge in [-0.1, -0.05) is 36.0 Å². The lowest BCUT2D eigenvalue weighted by Crippen LogP contribution is -2.13. The molecule has 0 fully saturated rings. The van der Waals surface area contributed by atoms with Crippen molar-refractivity contribution >= 4 is 51.0 Å². The van der Waals surface area contributed by atoms with Gasteiger partial charge in [0.15, 0.2) is 0 Å². The summed E-state index contributed by atoms with van der Waals surface area (Å²) >= 11 is 9.16. The molecule has 1 atom stereocenters. The average molecular weight is 444 g/mol. The number of rotatable bonds is 3. The Morgan fingerprint density at radius 1 is 1.50 bits per heavy atom. The van der Waals surface area contributed by atoms with Crippen LogP contribution in [-0.4, -0.2) is 26.3 Å². The van der Waals surface area contributed by atoms with E-state index in [4.69, 9.17) is 21.9 Å². The standard InChI is InChI=1S/C16H17IN2OS2/c1-2-20-16(21)22-10-12-8-7-11-5-3-4-6-13(11)15-18-14(17)9-19(12)15/h3-6,9,12H,2,7-8,10H2,1H3. The van der Waals surface area contributed by atoms with Crippen LogP contribution in [0, 0.1) is 3.70 Å². The van der Waals surface area contributed by atoms with Gasteiger partial charge >= 0.3 is 0 Å². The van der Waals surface area contributed by atoms with Gasteiger partial charge in [-0.15, -0.1) is 0 Å². The van der Waals surface area contributed by atoms with Gasteiger partial charge in [-0.3, -0.25) is 0 Å². The number of thiocarbonyl (C=S) groups is 1. The third-order valence-electron chi connectivity index (χ3n) is 3.76. The Morgan fingerprint density at radius 2 is 2.32 bits per heavy atom. The van der Waals surface area contributed by atoms with E-state index in [2.05, 4.69) is 57.6 Å². The Bertz CT molecular complexity index is 687. The van der Waals surface area contributed by atoms with Crippen LogP contribution in [0.1, 0.15) is 24.9 Å². The zero-order chi connectivity index (χ0) is 15.5. The summed E-state index contributed by atoms with van der Waals surface area (Å²) in [5.74, 6) is 2.00. The molecule has 6 heteroatoms. The number of aryl methyl sites for hydroxylation is 1. The SMILES string of the molecule is CCOC(=S)SCC1CCc2ccccc2-c2nc(I)cn21. The number of imidazole rings is 1. The van der Waals surface area contributed by atoms with Gasteiger partial charge in [0.1, 0.15) is 9.53 Å². The first-order chi connectivity index (χ1) is 10.7. The van der Waals surface area contributed by atoms with Crippen LogP contribution < -0.4 is 0 Å². The monoisotopic (exact) mass is 444 g/mol. The van der Waals surface area contributed by atoms with E-state index in [9.17, 15) is 0 Å². The Kier molecular flexibility index (Phi) is 5.41. The van der Waals surface area contributed by atoms with Gasteiger partial charge in [0.05, 0.1) is 6.61 Å². The number of nitrogens with zero attached hydrogens (tertiary/aromatic N) is 2. The van der Waals surface area contributed by atoms with Crippen LogP contribution in [-0.2, 0) is 11.2 Å². The van der Waals surface area contributed by atoms with Crippen LogP contribution in [0.5, 0.6) is 0 Å². The average Bonchev–Trinajstić information content (AvgIpc) is 2.83. The molecule has 1 unspecified atom stereocenters. The quantitative estimate of drug-likeness (QED) is 0.507. The Morgan fingerprint density at radius 3 is 3.14 bits per heavy atom. The molecule has 3 rings (SSSR count). The predicted octanol–water partition coefficient (Wildman–Crippen LogP) is 4.70. The van der Waals surface area contributed by atoms with Crippen molar-refractivity contribution < 1.29 is 4.74 Å². The fourth-order valence-corrected chi connectivity index (χ4v) is 4.45. The second-order valence-corrected chi connectivity index (χ2v) is 7.87. The Hall–Kier alpha value is -0.600. The normalized spacial score (nSPS) is 16.5. The number of hydrogen-bond donors (Lipinski definition) is 0. The minimum absolute atomic E-state index is 0.391. The van der Waals surface area contributed by atoms with Crippen LogP contribution in [0.2, 0.25) is 0 Å². The van der Waals surface area contributed by atoms with Gasteiger partial charge in [0, 0.05) is 23.6 Å². The molecule has 2 aromatic rings. The first-order valence-electron chi connectivity index (χ1n) is 7.31. The summed E-state index contributed by atoms with van der Waals surface area (Å²) in [5, 5.41) is 0. The van der Waals surface area contributed by atoms with E-state index in [1.807, 2.05) is 6.92 Å². The largest absolute Gasteiger partial charge is 0.479 e. The van der Waals surface area contributed by atoms with Gasteiger partial charge in [0.2, 0.25) is 4.38 Å². The summed E-state index contributed by atoms with van der Waals surface area (Å²) in [6, 6.07) is 8.97. The number of ether oxygens (including phenoxy) is 1. The lowest BCUT2D eigenvalue weighted by molar-refractivity contribution is 0.346. The van der Waals surface area contributed by atoms with Crippen molar-refractivity contribution in [3.8, 4) is 11.4 Å². The maximum absolute atomic E-state index is 5.39. The van der Waals surface area contributed by atoms with E-state index in [1.165, 1.54) is 11.1 Å². The molecule has 0 radical (unpaired) electrons. The molecule has 0 saturated heterocycles. The van der Waals surface area contributed by atoms with E-state index >= 15 is 0 Å². The predicted molar refractivity (Wildman–Crippen MR) is 104 cm³/mol. The maximum Gasteiger partial charge on any atom is 0.220 e. The van der Waals surface area contributed by atoms with Crippen molar-refractivity contribution in [2.75, 3.05) is 12.4 Å². The van der Waals surface area contributed by atoms with Gasteiger partial charge in [-0.2, -0.15) is 0 Å². The van der Waals surface area contributed by atoms with E-state index in [0.29, 0.717) is 17.0 Å². The van der Waals surface area contributed by atoms with Crippen LogP contribution in [0.25, 0.3) is 11.4 Å². The van der Waals surface area contributed by atoms with Crippen molar-refractivity contribution in [3.05, 3.63) is 39.7 Å². The summed E-state index contributed by atoms with van der Waals surface area (Å²) in [7, 11) is 0. The van der Waals surface area contributed by atoms with Crippen LogP contribution in [0.4, 0.5) is 0 Å². The zero-order valence-corrected chi connectivity index (χ0v) is 16.1. The van der Waals surface area contributed by atoms with E-state index in [-0.39, 0.29) is 0 Å². The molecule has 1 aliphatic rings. The van der Waals surface area contributed by atoms with Gasteiger partial charge < -0.3 is 9.30 Å². The van der Waals surface area contributed by atoms with Gasteiger partial charge in [-0.25, -0.2) is 4.98 Å². The molecule has 0 spiro atoms. The molecular formula is C16H17IN2OS2. The Labute approximate surface area is 154 Å². The molecule has 0 aliphatic carbocycles. The topological polar surface area (TPSA) is 27.1 Å². The molecule has 22 heavy (non-hydrogen) atoms. The van der Waals surface area contributed by atoms with Crippen molar-refractivity contribution in [2.45, 2.75) is 25.8 Å². The van der Waals surface area contributed by atoms with E-state index in [1.54, 1.807) is 11.8 Å². The van der Waals surface area contributed by atoms with Crippen molar-refractivity contribution in [1.82, 2.24) is 9.55 Å². The minimum atomic E-state index is 0.391. The molecular weight excluding hydrogens is 427 g/mol. The smallest absolute Gasteiger partial charge is 0.220 e. The molecule has 1 aromatic heterocycles. The lowest BCUT2D eigenvalue weighted by atomic mass is 10.0. The second kappa shape index (κ2) is 7.31. The van der Waals surface area contributed by atoms with Gasteiger partial charge in [-0.05, 0) is 60.1 Å². The summed E-state index contributed by atoms with van der Waals surface area (Å²) in [6.07, 6.45) is 4.31. The molecule has 0 amide bonds. The molecule has 3 nitrogen and oxygen atoms in total. The maximum atomic E-state index is 5.39. The van der Waals surface area contributed by atoms with Gasteiger partial charge in [0.25, 0.3) is 0 Å². The molecule has 0 bridgehead atoms. The highest BCUT2D eigenvalue weighted by Crippen LogP contribution is 2.34. The lowest BCUT2D eigenvalue weighted by Gasteiger charge is -2.18. The van der Waals surface area contributed by atoms with Crippen molar-refractivity contribution in [3.63, 3.8) is 0 Å². The highest BCUT2D eigenvalue weighted by Gasteiger charge is 2.23. The third kappa shape index (κ3) is 3.49. The summed E-state index contributed by atoms with van der Waals surface area (Å²) in [5.41, 5.74) is 2.64. The molecule has 2 heterocycles. The van der Waals surface area contributed by atoms with Crippen LogP contribution in [0.3, 0.4) is 0 Å². The Balaban J connectivity index is 1.87. The van der Waals surface area contributed by atoms with Crippen LogP contribution >= 0.6 is 46.6 Å². The minimum Gasteiger partial charge on any atom is -0.479 e. The second-order valence-electron chi connectivity index (χ2n) is 5.14. The summed E-state index contributed by atoms with van der Waals surface area (Å²) < 4.78 is 9.38. The molecule has 1 aromatic carbocycles. The number of halogens is 1. The molecule has 116 valence electrons. The van der Waals surface area contributed by atoms with E-state index < -0.39 is 0 Å². The first-order valence-corrected chi connectivity index (χ1v) is 9.78. The van der Waals surface area contributed by atoms with Crippen molar-refractivity contribution in [1.29, 1.82) is 0 Å².